The van der Waals surface area contributed by atoms with Crippen molar-refractivity contribution in [2.45, 2.75) is 26.4 Å². The topological polar surface area (TPSA) is 56.2 Å². The van der Waals surface area contributed by atoms with Crippen molar-refractivity contribution < 1.29 is 9.53 Å². The number of methoxy groups -OCH3 is 1. The molecule has 0 unspecified atom stereocenters. The van der Waals surface area contributed by atoms with Crippen molar-refractivity contribution in [2.75, 3.05) is 7.11 Å². The number of aryl methyl sites for hydroxylation is 1. The van der Waals surface area contributed by atoms with Crippen LogP contribution in [-0.2, 0) is 6.54 Å². The Morgan fingerprint density at radius 3 is 2.62 bits per heavy atom. The second kappa shape index (κ2) is 7.87. The van der Waals surface area contributed by atoms with Crippen LogP contribution in [0.3, 0.4) is 0 Å². The normalized spacial score (nSPS) is 11.8. The van der Waals surface area contributed by atoms with E-state index in [1.807, 2.05) is 74.5 Å². The fourth-order valence-corrected chi connectivity index (χ4v) is 2.86. The number of amides is 1. The second-order valence-corrected chi connectivity index (χ2v) is 6.07. The summed E-state index contributed by atoms with van der Waals surface area (Å²) >= 11 is 0. The molecule has 1 heterocycles. The molecule has 1 atom stereocenters. The van der Waals surface area contributed by atoms with Gasteiger partial charge in [-0.2, -0.15) is 5.10 Å². The van der Waals surface area contributed by atoms with E-state index in [2.05, 4.69) is 10.4 Å². The smallest absolute Gasteiger partial charge is 0.270 e. The summed E-state index contributed by atoms with van der Waals surface area (Å²) in [6, 6.07) is 19.3. The fourth-order valence-electron chi connectivity index (χ4n) is 2.86. The van der Waals surface area contributed by atoms with E-state index in [0.29, 0.717) is 12.2 Å². The van der Waals surface area contributed by atoms with E-state index in [9.17, 15) is 4.79 Å². The Morgan fingerprint density at radius 2 is 1.92 bits per heavy atom. The van der Waals surface area contributed by atoms with Crippen molar-refractivity contribution in [3.63, 3.8) is 0 Å². The third-order valence-electron chi connectivity index (χ3n) is 4.32. The minimum absolute atomic E-state index is 0.0795. The van der Waals surface area contributed by atoms with Gasteiger partial charge in [0.2, 0.25) is 0 Å². The molecular formula is C21H23N3O2. The molecule has 1 N–H and O–H groups in total. The van der Waals surface area contributed by atoms with Gasteiger partial charge in [-0.25, -0.2) is 0 Å². The maximum atomic E-state index is 12.8. The quantitative estimate of drug-likeness (QED) is 0.730. The van der Waals surface area contributed by atoms with E-state index in [1.165, 1.54) is 0 Å². The van der Waals surface area contributed by atoms with E-state index in [1.54, 1.807) is 11.8 Å². The standard InChI is InChI=1S/C21H23N3O2/c1-4-24-20(21(25)22-15(2)16-9-6-5-7-10-16)14-19(23-24)17-11-8-12-18(13-17)26-3/h5-15H,4H2,1-3H3,(H,22,25)/t15-/m1/s1. The van der Waals surface area contributed by atoms with Crippen molar-refractivity contribution in [1.82, 2.24) is 15.1 Å². The summed E-state index contributed by atoms with van der Waals surface area (Å²) in [5, 5.41) is 7.63. The third-order valence-corrected chi connectivity index (χ3v) is 4.32. The monoisotopic (exact) mass is 349 g/mol. The van der Waals surface area contributed by atoms with Gasteiger partial charge in [-0.05, 0) is 37.6 Å². The molecule has 0 saturated heterocycles. The predicted octanol–water partition coefficient (Wildman–Crippen LogP) is 4.07. The molecule has 0 saturated carbocycles. The van der Waals surface area contributed by atoms with Crippen LogP contribution in [0.5, 0.6) is 5.75 Å². The van der Waals surface area contributed by atoms with Gasteiger partial charge in [-0.3, -0.25) is 9.48 Å². The molecule has 0 aliphatic carbocycles. The molecule has 2 aromatic carbocycles. The van der Waals surface area contributed by atoms with Crippen LogP contribution >= 0.6 is 0 Å². The first kappa shape index (κ1) is 17.7. The summed E-state index contributed by atoms with van der Waals surface area (Å²) in [6.45, 7) is 4.56. The molecule has 3 rings (SSSR count). The van der Waals surface area contributed by atoms with E-state index < -0.39 is 0 Å². The first-order chi connectivity index (χ1) is 12.6. The van der Waals surface area contributed by atoms with E-state index in [-0.39, 0.29) is 11.9 Å². The molecule has 1 amide bonds. The second-order valence-electron chi connectivity index (χ2n) is 6.07. The van der Waals surface area contributed by atoms with Crippen LogP contribution in [0.2, 0.25) is 0 Å². The Labute approximate surface area is 153 Å². The zero-order valence-corrected chi connectivity index (χ0v) is 15.3. The number of benzene rings is 2. The largest absolute Gasteiger partial charge is 0.497 e. The lowest BCUT2D eigenvalue weighted by molar-refractivity contribution is 0.0929. The zero-order valence-electron chi connectivity index (χ0n) is 15.3. The summed E-state index contributed by atoms with van der Waals surface area (Å²) in [5.74, 6) is 0.627. The minimum atomic E-state index is -0.134. The molecule has 1 aromatic heterocycles. The van der Waals surface area contributed by atoms with Crippen LogP contribution in [0.4, 0.5) is 0 Å². The number of aromatic nitrogens is 2. The lowest BCUT2D eigenvalue weighted by atomic mass is 10.1. The highest BCUT2D eigenvalue weighted by Crippen LogP contribution is 2.24. The average Bonchev–Trinajstić information content (AvgIpc) is 3.13. The van der Waals surface area contributed by atoms with Gasteiger partial charge in [-0.15, -0.1) is 0 Å². The van der Waals surface area contributed by atoms with Gasteiger partial charge in [0, 0.05) is 12.1 Å². The summed E-state index contributed by atoms with van der Waals surface area (Å²) in [6.07, 6.45) is 0. The molecule has 0 radical (unpaired) electrons. The number of nitrogens with one attached hydrogen (secondary N) is 1. The van der Waals surface area contributed by atoms with Crippen molar-refractivity contribution in [3.8, 4) is 17.0 Å². The SMILES string of the molecule is CCn1nc(-c2cccc(OC)c2)cc1C(=O)N[C@H](C)c1ccccc1. The molecule has 0 bridgehead atoms. The Hall–Kier alpha value is -3.08. The predicted molar refractivity (Wildman–Crippen MR) is 102 cm³/mol. The number of carbonyl (C=O) groups is 1. The lowest BCUT2D eigenvalue weighted by Crippen LogP contribution is -2.28. The van der Waals surface area contributed by atoms with Gasteiger partial charge in [0.15, 0.2) is 0 Å². The van der Waals surface area contributed by atoms with Crippen LogP contribution in [0.25, 0.3) is 11.3 Å². The number of rotatable bonds is 6. The molecular weight excluding hydrogens is 326 g/mol. The van der Waals surface area contributed by atoms with E-state index >= 15 is 0 Å². The lowest BCUT2D eigenvalue weighted by Gasteiger charge is -2.14. The Balaban J connectivity index is 1.85. The first-order valence-corrected chi connectivity index (χ1v) is 8.70. The number of hydrogen-bond acceptors (Lipinski definition) is 3. The van der Waals surface area contributed by atoms with E-state index in [0.717, 1.165) is 22.6 Å². The molecule has 5 heteroatoms. The highest BCUT2D eigenvalue weighted by molar-refractivity contribution is 5.94. The molecule has 0 spiro atoms. The molecule has 26 heavy (non-hydrogen) atoms. The molecule has 5 nitrogen and oxygen atoms in total. The minimum Gasteiger partial charge on any atom is -0.497 e. The van der Waals surface area contributed by atoms with Crippen LogP contribution < -0.4 is 10.1 Å². The van der Waals surface area contributed by atoms with Gasteiger partial charge in [0.1, 0.15) is 11.4 Å². The van der Waals surface area contributed by atoms with Gasteiger partial charge >= 0.3 is 0 Å². The Bertz CT molecular complexity index is 887. The Kier molecular flexibility index (Phi) is 5.37. The van der Waals surface area contributed by atoms with Crippen LogP contribution in [0.15, 0.2) is 60.7 Å². The fraction of sp³-hybridized carbons (Fsp3) is 0.238. The van der Waals surface area contributed by atoms with Crippen LogP contribution in [0.1, 0.15) is 35.9 Å². The molecule has 0 fully saturated rings. The van der Waals surface area contributed by atoms with Gasteiger partial charge in [0.05, 0.1) is 18.8 Å². The molecule has 134 valence electrons. The maximum absolute atomic E-state index is 12.8. The van der Waals surface area contributed by atoms with Crippen molar-refractivity contribution in [3.05, 3.63) is 71.9 Å². The number of nitrogens with zero attached hydrogens (tertiary/aromatic N) is 2. The maximum Gasteiger partial charge on any atom is 0.270 e. The van der Waals surface area contributed by atoms with Gasteiger partial charge in [0.25, 0.3) is 5.91 Å². The van der Waals surface area contributed by atoms with Gasteiger partial charge in [-0.1, -0.05) is 42.5 Å². The molecule has 0 aliphatic heterocycles. The summed E-state index contributed by atoms with van der Waals surface area (Å²) in [4.78, 5) is 12.8. The number of ether oxygens (including phenoxy) is 1. The first-order valence-electron chi connectivity index (χ1n) is 8.70. The van der Waals surface area contributed by atoms with Crippen molar-refractivity contribution in [1.29, 1.82) is 0 Å². The average molecular weight is 349 g/mol. The summed E-state index contributed by atoms with van der Waals surface area (Å²) in [7, 11) is 1.63. The molecule has 0 aliphatic rings. The highest BCUT2D eigenvalue weighted by atomic mass is 16.5. The number of carbonyl (C=O) groups excluding carboxylic acids is 1. The zero-order chi connectivity index (χ0) is 18.5. The Morgan fingerprint density at radius 1 is 1.15 bits per heavy atom. The summed E-state index contributed by atoms with van der Waals surface area (Å²) < 4.78 is 7.00. The number of hydrogen-bond donors (Lipinski definition) is 1. The molecule has 3 aromatic rings. The highest BCUT2D eigenvalue weighted by Gasteiger charge is 2.18. The summed E-state index contributed by atoms with van der Waals surface area (Å²) in [5.41, 5.74) is 3.29. The van der Waals surface area contributed by atoms with Crippen molar-refractivity contribution in [2.24, 2.45) is 0 Å². The van der Waals surface area contributed by atoms with Crippen LogP contribution in [0, 0.1) is 0 Å². The van der Waals surface area contributed by atoms with Crippen molar-refractivity contribution >= 4 is 5.91 Å². The van der Waals surface area contributed by atoms with Crippen LogP contribution in [-0.4, -0.2) is 22.8 Å². The third kappa shape index (κ3) is 3.77. The van der Waals surface area contributed by atoms with E-state index in [4.69, 9.17) is 4.74 Å². The van der Waals surface area contributed by atoms with Gasteiger partial charge < -0.3 is 10.1 Å².